The standard InChI is InChI=1S/C16H16N2O3/c1-10-6-11(2)16-13(18-21-14(16)7-10)8-15(19)17-9-12-4-3-5-20-12/h3-7H,8-9H2,1-2H3,(H,17,19). The van der Waals surface area contributed by atoms with Crippen molar-refractivity contribution in [3.63, 3.8) is 0 Å². The number of carbonyl (C=O) groups excluding carboxylic acids is 1. The molecule has 21 heavy (non-hydrogen) atoms. The van der Waals surface area contributed by atoms with Crippen molar-refractivity contribution in [3.05, 3.63) is 53.1 Å². The van der Waals surface area contributed by atoms with E-state index in [9.17, 15) is 4.79 Å². The fourth-order valence-electron chi connectivity index (χ4n) is 2.45. The van der Waals surface area contributed by atoms with Crippen LogP contribution in [0.25, 0.3) is 11.0 Å². The molecule has 0 radical (unpaired) electrons. The summed E-state index contributed by atoms with van der Waals surface area (Å²) in [6, 6.07) is 7.60. The van der Waals surface area contributed by atoms with Crippen molar-refractivity contribution in [1.82, 2.24) is 10.5 Å². The lowest BCUT2D eigenvalue weighted by molar-refractivity contribution is -0.120. The highest BCUT2D eigenvalue weighted by Crippen LogP contribution is 2.24. The highest BCUT2D eigenvalue weighted by atomic mass is 16.5. The van der Waals surface area contributed by atoms with Crippen molar-refractivity contribution in [2.24, 2.45) is 0 Å². The maximum atomic E-state index is 12.0. The minimum Gasteiger partial charge on any atom is -0.467 e. The summed E-state index contributed by atoms with van der Waals surface area (Å²) in [6.45, 7) is 4.38. The molecule has 0 aliphatic heterocycles. The van der Waals surface area contributed by atoms with E-state index in [1.54, 1.807) is 12.3 Å². The van der Waals surface area contributed by atoms with Crippen LogP contribution >= 0.6 is 0 Å². The number of aryl methyl sites for hydroxylation is 2. The Morgan fingerprint density at radius 2 is 2.19 bits per heavy atom. The lowest BCUT2D eigenvalue weighted by Gasteiger charge is -2.03. The van der Waals surface area contributed by atoms with Crippen molar-refractivity contribution in [2.75, 3.05) is 0 Å². The Balaban J connectivity index is 1.74. The number of hydrogen-bond acceptors (Lipinski definition) is 4. The third kappa shape index (κ3) is 2.81. The molecule has 0 atom stereocenters. The van der Waals surface area contributed by atoms with Gasteiger partial charge >= 0.3 is 0 Å². The molecule has 108 valence electrons. The summed E-state index contributed by atoms with van der Waals surface area (Å²) in [7, 11) is 0. The van der Waals surface area contributed by atoms with E-state index >= 15 is 0 Å². The molecule has 2 aromatic heterocycles. The predicted molar refractivity (Wildman–Crippen MR) is 77.7 cm³/mol. The van der Waals surface area contributed by atoms with Crippen LogP contribution in [0.5, 0.6) is 0 Å². The second-order valence-electron chi connectivity index (χ2n) is 5.12. The van der Waals surface area contributed by atoms with Gasteiger partial charge in [0.15, 0.2) is 5.58 Å². The number of hydrogen-bond donors (Lipinski definition) is 1. The molecule has 0 spiro atoms. The van der Waals surface area contributed by atoms with Crippen LogP contribution in [0.2, 0.25) is 0 Å². The number of benzene rings is 1. The highest BCUT2D eigenvalue weighted by Gasteiger charge is 2.14. The van der Waals surface area contributed by atoms with Gasteiger partial charge in [0.05, 0.1) is 19.2 Å². The second-order valence-corrected chi connectivity index (χ2v) is 5.12. The Hall–Kier alpha value is -2.56. The van der Waals surface area contributed by atoms with Gasteiger partial charge in [0.25, 0.3) is 0 Å². The zero-order chi connectivity index (χ0) is 14.8. The first-order valence-corrected chi connectivity index (χ1v) is 6.78. The van der Waals surface area contributed by atoms with E-state index in [2.05, 4.69) is 16.5 Å². The van der Waals surface area contributed by atoms with Crippen molar-refractivity contribution in [2.45, 2.75) is 26.8 Å². The second kappa shape index (κ2) is 5.44. The van der Waals surface area contributed by atoms with Crippen molar-refractivity contribution in [1.29, 1.82) is 0 Å². The molecule has 1 N–H and O–H groups in total. The first kappa shape index (κ1) is 13.4. The number of nitrogens with one attached hydrogen (secondary N) is 1. The topological polar surface area (TPSA) is 68.3 Å². The van der Waals surface area contributed by atoms with Crippen molar-refractivity contribution < 1.29 is 13.7 Å². The maximum absolute atomic E-state index is 12.0. The van der Waals surface area contributed by atoms with Crippen LogP contribution in [0.4, 0.5) is 0 Å². The third-order valence-electron chi connectivity index (χ3n) is 3.35. The molecule has 1 amide bonds. The largest absolute Gasteiger partial charge is 0.467 e. The molecule has 0 aliphatic rings. The van der Waals surface area contributed by atoms with Gasteiger partial charge < -0.3 is 14.3 Å². The van der Waals surface area contributed by atoms with Crippen LogP contribution in [0.1, 0.15) is 22.6 Å². The molecule has 0 unspecified atom stereocenters. The smallest absolute Gasteiger partial charge is 0.226 e. The first-order valence-electron chi connectivity index (χ1n) is 6.78. The van der Waals surface area contributed by atoms with Gasteiger partial charge in [-0.15, -0.1) is 0 Å². The van der Waals surface area contributed by atoms with Crippen LogP contribution in [0.15, 0.2) is 39.5 Å². The Bertz CT molecular complexity index is 772. The quantitative estimate of drug-likeness (QED) is 0.800. The zero-order valence-corrected chi connectivity index (χ0v) is 12.0. The van der Waals surface area contributed by atoms with Gasteiger partial charge in [0.1, 0.15) is 11.5 Å². The molecular formula is C16H16N2O3. The average Bonchev–Trinajstić information content (AvgIpc) is 3.06. The highest BCUT2D eigenvalue weighted by molar-refractivity contribution is 5.88. The van der Waals surface area contributed by atoms with Gasteiger partial charge in [0.2, 0.25) is 5.91 Å². The molecule has 0 bridgehead atoms. The lowest BCUT2D eigenvalue weighted by Crippen LogP contribution is -2.24. The molecule has 1 aromatic carbocycles. The molecule has 0 aliphatic carbocycles. The van der Waals surface area contributed by atoms with Gasteiger partial charge in [-0.05, 0) is 43.2 Å². The van der Waals surface area contributed by atoms with E-state index in [1.165, 1.54) is 0 Å². The molecule has 0 saturated carbocycles. The minimum atomic E-state index is -0.110. The van der Waals surface area contributed by atoms with Gasteiger partial charge in [-0.1, -0.05) is 11.2 Å². The van der Waals surface area contributed by atoms with Crippen molar-refractivity contribution in [3.8, 4) is 0 Å². The van der Waals surface area contributed by atoms with E-state index in [0.29, 0.717) is 12.2 Å². The summed E-state index contributed by atoms with van der Waals surface area (Å²) in [6.07, 6.45) is 1.77. The molecule has 3 rings (SSSR count). The lowest BCUT2D eigenvalue weighted by atomic mass is 10.0. The number of nitrogens with zero attached hydrogens (tertiary/aromatic N) is 1. The Kier molecular flexibility index (Phi) is 3.48. The van der Waals surface area contributed by atoms with Crippen LogP contribution in [-0.2, 0) is 17.8 Å². The summed E-state index contributed by atoms with van der Waals surface area (Å²) in [5.41, 5.74) is 3.57. The SMILES string of the molecule is Cc1cc(C)c2c(CC(=O)NCc3ccco3)noc2c1. The summed E-state index contributed by atoms with van der Waals surface area (Å²) in [5.74, 6) is 0.613. The molecule has 3 aromatic rings. The number of rotatable bonds is 4. The predicted octanol–water partition coefficient (Wildman–Crippen LogP) is 2.90. The molecule has 2 heterocycles. The van der Waals surface area contributed by atoms with Gasteiger partial charge in [0, 0.05) is 5.39 Å². The number of amides is 1. The van der Waals surface area contributed by atoms with E-state index in [0.717, 1.165) is 27.9 Å². The number of furan rings is 1. The van der Waals surface area contributed by atoms with E-state index in [-0.39, 0.29) is 12.3 Å². The van der Waals surface area contributed by atoms with Crippen LogP contribution in [0, 0.1) is 13.8 Å². The van der Waals surface area contributed by atoms with Gasteiger partial charge in [-0.3, -0.25) is 4.79 Å². The Labute approximate surface area is 121 Å². The third-order valence-corrected chi connectivity index (χ3v) is 3.35. The summed E-state index contributed by atoms with van der Waals surface area (Å²) in [5, 5.41) is 7.75. The van der Waals surface area contributed by atoms with E-state index in [4.69, 9.17) is 8.94 Å². The fraction of sp³-hybridized carbons (Fsp3) is 0.250. The van der Waals surface area contributed by atoms with E-state index < -0.39 is 0 Å². The van der Waals surface area contributed by atoms with Gasteiger partial charge in [-0.2, -0.15) is 0 Å². The molecule has 0 saturated heterocycles. The normalized spacial score (nSPS) is 11.0. The van der Waals surface area contributed by atoms with E-state index in [1.807, 2.05) is 26.0 Å². The first-order chi connectivity index (χ1) is 10.1. The maximum Gasteiger partial charge on any atom is 0.226 e. The summed E-state index contributed by atoms with van der Waals surface area (Å²) < 4.78 is 10.5. The minimum absolute atomic E-state index is 0.110. The Morgan fingerprint density at radius 1 is 1.33 bits per heavy atom. The van der Waals surface area contributed by atoms with Crippen LogP contribution in [-0.4, -0.2) is 11.1 Å². The van der Waals surface area contributed by atoms with Crippen molar-refractivity contribution >= 4 is 16.9 Å². The molecular weight excluding hydrogens is 268 g/mol. The van der Waals surface area contributed by atoms with Gasteiger partial charge in [-0.25, -0.2) is 0 Å². The molecule has 0 fully saturated rings. The molecule has 5 nitrogen and oxygen atoms in total. The number of fused-ring (bicyclic) bond motifs is 1. The molecule has 5 heteroatoms. The Morgan fingerprint density at radius 3 is 2.95 bits per heavy atom. The van der Waals surface area contributed by atoms with Crippen LogP contribution in [0.3, 0.4) is 0 Å². The number of carbonyl (C=O) groups is 1. The zero-order valence-electron chi connectivity index (χ0n) is 12.0. The summed E-state index contributed by atoms with van der Waals surface area (Å²) >= 11 is 0. The monoisotopic (exact) mass is 284 g/mol. The average molecular weight is 284 g/mol. The summed E-state index contributed by atoms with van der Waals surface area (Å²) in [4.78, 5) is 12.0. The number of aromatic nitrogens is 1. The van der Waals surface area contributed by atoms with Crippen LogP contribution < -0.4 is 5.32 Å². The fourth-order valence-corrected chi connectivity index (χ4v) is 2.45.